The molecule has 0 saturated heterocycles. The summed E-state index contributed by atoms with van der Waals surface area (Å²) in [4.78, 5) is 24.8. The summed E-state index contributed by atoms with van der Waals surface area (Å²) in [5.41, 5.74) is 10.9. The van der Waals surface area contributed by atoms with Gasteiger partial charge in [0.1, 0.15) is 11.8 Å². The summed E-state index contributed by atoms with van der Waals surface area (Å²) in [5, 5.41) is 0. The number of nitrogens with two attached hydrogens (primary N) is 2. The van der Waals surface area contributed by atoms with Crippen LogP contribution in [0.2, 0.25) is 0 Å². The molecule has 5 nitrogen and oxygen atoms in total. The van der Waals surface area contributed by atoms with E-state index < -0.39 is 11.9 Å². The van der Waals surface area contributed by atoms with Crippen molar-refractivity contribution >= 4 is 11.7 Å². The Hall–Kier alpha value is -0.940. The number of hydrogen-bond acceptors (Lipinski definition) is 4. The zero-order valence-electron chi connectivity index (χ0n) is 11.4. The molecule has 0 aromatic carbocycles. The molecule has 1 rings (SSSR count). The van der Waals surface area contributed by atoms with Gasteiger partial charge in [0.25, 0.3) is 0 Å². The third-order valence-electron chi connectivity index (χ3n) is 4.04. The van der Waals surface area contributed by atoms with Crippen molar-refractivity contribution in [2.24, 2.45) is 23.3 Å². The van der Waals surface area contributed by atoms with Gasteiger partial charge in [-0.1, -0.05) is 12.8 Å². The molecule has 4 N–H and O–H groups in total. The van der Waals surface area contributed by atoms with Gasteiger partial charge >= 0.3 is 0 Å². The van der Waals surface area contributed by atoms with Crippen LogP contribution in [0.1, 0.15) is 32.6 Å². The molecular formula is C13H25N3O2. The molecule has 0 aromatic heterocycles. The molecule has 3 unspecified atom stereocenters. The van der Waals surface area contributed by atoms with Gasteiger partial charge < -0.3 is 11.5 Å². The number of carbonyl (C=O) groups excluding carboxylic acids is 2. The van der Waals surface area contributed by atoms with Crippen LogP contribution in [-0.2, 0) is 9.59 Å². The molecule has 104 valence electrons. The molecular weight excluding hydrogens is 230 g/mol. The largest absolute Gasteiger partial charge is 0.368 e. The average molecular weight is 255 g/mol. The Morgan fingerprint density at radius 3 is 2.44 bits per heavy atom. The topological polar surface area (TPSA) is 89.4 Å². The van der Waals surface area contributed by atoms with E-state index in [2.05, 4.69) is 0 Å². The molecule has 1 saturated carbocycles. The Balaban J connectivity index is 2.63. The van der Waals surface area contributed by atoms with Crippen LogP contribution < -0.4 is 11.5 Å². The summed E-state index contributed by atoms with van der Waals surface area (Å²) in [5.74, 6) is 0.328. The molecule has 0 spiro atoms. The molecule has 1 aliphatic rings. The van der Waals surface area contributed by atoms with Gasteiger partial charge in [-0.15, -0.1) is 0 Å². The second-order valence-corrected chi connectivity index (χ2v) is 5.36. The van der Waals surface area contributed by atoms with E-state index in [4.69, 9.17) is 11.5 Å². The summed E-state index contributed by atoms with van der Waals surface area (Å²) in [6.45, 7) is 2.61. The highest BCUT2D eigenvalue weighted by atomic mass is 16.1. The van der Waals surface area contributed by atoms with Gasteiger partial charge in [0, 0.05) is 19.0 Å². The molecule has 0 heterocycles. The number of likely N-dealkylation sites (N-methyl/N-ethyl adjacent to an activating group) is 1. The van der Waals surface area contributed by atoms with Crippen LogP contribution in [0.25, 0.3) is 0 Å². The van der Waals surface area contributed by atoms with Gasteiger partial charge in [-0.2, -0.15) is 0 Å². The first kappa shape index (κ1) is 15.1. The van der Waals surface area contributed by atoms with E-state index in [1.807, 2.05) is 11.9 Å². The lowest BCUT2D eigenvalue weighted by Gasteiger charge is -2.35. The monoisotopic (exact) mass is 255 g/mol. The van der Waals surface area contributed by atoms with E-state index in [0.717, 1.165) is 32.2 Å². The molecule has 18 heavy (non-hydrogen) atoms. The molecule has 1 aliphatic carbocycles. The van der Waals surface area contributed by atoms with E-state index in [9.17, 15) is 9.59 Å². The van der Waals surface area contributed by atoms with E-state index in [0.29, 0.717) is 5.92 Å². The smallest absolute Gasteiger partial charge is 0.236 e. The zero-order valence-corrected chi connectivity index (χ0v) is 11.4. The van der Waals surface area contributed by atoms with E-state index in [1.54, 1.807) is 6.92 Å². The van der Waals surface area contributed by atoms with E-state index >= 15 is 0 Å². The minimum absolute atomic E-state index is 0.132. The number of ketones is 1. The second-order valence-electron chi connectivity index (χ2n) is 5.36. The third kappa shape index (κ3) is 3.78. The van der Waals surface area contributed by atoms with Crippen molar-refractivity contribution in [2.45, 2.75) is 38.6 Å². The first-order chi connectivity index (χ1) is 8.47. The molecule has 0 aromatic rings. The fourth-order valence-electron chi connectivity index (χ4n) is 2.97. The maximum absolute atomic E-state index is 11.6. The van der Waals surface area contributed by atoms with Crippen LogP contribution in [0.15, 0.2) is 0 Å². The fraction of sp³-hybridized carbons (Fsp3) is 0.846. The van der Waals surface area contributed by atoms with Gasteiger partial charge in [-0.25, -0.2) is 0 Å². The number of carbonyl (C=O) groups is 2. The second kappa shape index (κ2) is 6.85. The molecule has 5 heteroatoms. The standard InChI is InChI=1S/C13H25N3O2/c1-9(17)11-6-4-3-5-10(11)8-16(2)12(7-14)13(15)18/h10-12H,3-8,14H2,1-2H3,(H2,15,18). The van der Waals surface area contributed by atoms with Crippen molar-refractivity contribution in [3.05, 3.63) is 0 Å². The first-order valence-electron chi connectivity index (χ1n) is 6.67. The lowest BCUT2D eigenvalue weighted by atomic mass is 9.77. The maximum Gasteiger partial charge on any atom is 0.236 e. The Morgan fingerprint density at radius 2 is 1.94 bits per heavy atom. The molecule has 1 amide bonds. The summed E-state index contributed by atoms with van der Waals surface area (Å²) < 4.78 is 0. The van der Waals surface area contributed by atoms with Crippen LogP contribution in [-0.4, -0.2) is 42.8 Å². The lowest BCUT2D eigenvalue weighted by Crippen LogP contribution is -2.50. The zero-order chi connectivity index (χ0) is 13.7. The van der Waals surface area contributed by atoms with Crippen LogP contribution in [0, 0.1) is 11.8 Å². The predicted octanol–water partition coefficient (Wildman–Crippen LogP) is 0.126. The summed E-state index contributed by atoms with van der Waals surface area (Å²) in [6.07, 6.45) is 4.30. The van der Waals surface area contributed by atoms with Crippen molar-refractivity contribution in [2.75, 3.05) is 20.1 Å². The number of nitrogens with zero attached hydrogens (tertiary/aromatic N) is 1. The summed E-state index contributed by atoms with van der Waals surface area (Å²) in [7, 11) is 1.86. The van der Waals surface area contributed by atoms with Gasteiger partial charge in [0.05, 0.1) is 0 Å². The minimum atomic E-state index is -0.431. The Kier molecular flexibility index (Phi) is 5.75. The minimum Gasteiger partial charge on any atom is -0.368 e. The highest BCUT2D eigenvalue weighted by Gasteiger charge is 2.31. The van der Waals surface area contributed by atoms with Crippen molar-refractivity contribution in [3.8, 4) is 0 Å². The molecule has 0 radical (unpaired) electrons. The van der Waals surface area contributed by atoms with Gasteiger partial charge in [0.2, 0.25) is 5.91 Å². The highest BCUT2D eigenvalue weighted by Crippen LogP contribution is 2.31. The molecule has 0 bridgehead atoms. The van der Waals surface area contributed by atoms with Crippen LogP contribution in [0.4, 0.5) is 0 Å². The van der Waals surface area contributed by atoms with Crippen LogP contribution in [0.3, 0.4) is 0 Å². The van der Waals surface area contributed by atoms with Crippen molar-refractivity contribution in [1.82, 2.24) is 4.90 Å². The predicted molar refractivity (Wildman–Crippen MR) is 70.8 cm³/mol. The Labute approximate surface area is 109 Å². The molecule has 3 atom stereocenters. The third-order valence-corrected chi connectivity index (χ3v) is 4.04. The van der Waals surface area contributed by atoms with E-state index in [-0.39, 0.29) is 18.2 Å². The fourth-order valence-corrected chi connectivity index (χ4v) is 2.97. The van der Waals surface area contributed by atoms with Gasteiger partial charge in [0.15, 0.2) is 0 Å². The number of hydrogen-bond donors (Lipinski definition) is 2. The average Bonchev–Trinajstić information content (AvgIpc) is 2.29. The quantitative estimate of drug-likeness (QED) is 0.706. The van der Waals surface area contributed by atoms with Crippen molar-refractivity contribution in [3.63, 3.8) is 0 Å². The lowest BCUT2D eigenvalue weighted by molar-refractivity contribution is -0.124. The Morgan fingerprint density at radius 1 is 1.33 bits per heavy atom. The van der Waals surface area contributed by atoms with Crippen LogP contribution in [0.5, 0.6) is 0 Å². The summed E-state index contributed by atoms with van der Waals surface area (Å²) >= 11 is 0. The first-order valence-corrected chi connectivity index (χ1v) is 6.67. The summed E-state index contributed by atoms with van der Waals surface area (Å²) in [6, 6.07) is -0.431. The molecule has 1 fully saturated rings. The van der Waals surface area contributed by atoms with E-state index in [1.165, 1.54) is 0 Å². The number of amides is 1. The Bertz CT molecular complexity index is 307. The maximum atomic E-state index is 11.6. The van der Waals surface area contributed by atoms with Gasteiger partial charge in [-0.05, 0) is 32.7 Å². The van der Waals surface area contributed by atoms with Crippen molar-refractivity contribution < 1.29 is 9.59 Å². The number of rotatable bonds is 6. The van der Waals surface area contributed by atoms with Gasteiger partial charge in [-0.3, -0.25) is 14.5 Å². The number of Topliss-reactive ketones (excluding diaryl/α,β-unsaturated/α-hetero) is 1. The normalized spacial score (nSPS) is 26.0. The highest BCUT2D eigenvalue weighted by molar-refractivity contribution is 5.80. The molecule has 0 aliphatic heterocycles. The SMILES string of the molecule is CC(=O)C1CCCCC1CN(C)C(CN)C(N)=O. The van der Waals surface area contributed by atoms with Crippen molar-refractivity contribution in [1.29, 1.82) is 0 Å². The van der Waals surface area contributed by atoms with Crippen LogP contribution >= 0.6 is 0 Å². The number of primary amides is 1.